The number of hydrogen-bond donors (Lipinski definition) is 3. The molecule has 1 amide bonds. The predicted molar refractivity (Wildman–Crippen MR) is 96.2 cm³/mol. The normalized spacial score (nSPS) is 20.3. The number of halogens is 2. The highest BCUT2D eigenvalue weighted by Crippen LogP contribution is 2.25. The van der Waals surface area contributed by atoms with Crippen molar-refractivity contribution in [2.45, 2.75) is 18.4 Å². The van der Waals surface area contributed by atoms with Gasteiger partial charge in [-0.15, -0.1) is 0 Å². The van der Waals surface area contributed by atoms with Gasteiger partial charge in [-0.3, -0.25) is 4.79 Å². The van der Waals surface area contributed by atoms with Crippen molar-refractivity contribution in [1.29, 1.82) is 0 Å². The maximum Gasteiger partial charge on any atom is 0.251 e. The maximum absolute atomic E-state index is 14.0. The summed E-state index contributed by atoms with van der Waals surface area (Å²) in [4.78, 5) is 12.3. The number of carbonyl (C=O) groups excluding carboxylic acids is 1. The molecule has 1 atom stereocenters. The minimum absolute atomic E-state index is 0.201. The Morgan fingerprint density at radius 1 is 1.28 bits per heavy atom. The molecule has 3 N–H and O–H groups in total. The number of piperidine rings is 1. The standard InChI is InChI=1S/C19H20ClFN2O2/c20-15-6-7-16(17(21)10-15)13-2-4-14(5-3-13)18(24)23-12-19(25)8-1-9-22-11-19/h2-7,10,22,25H,1,8-9,11-12H2,(H,23,24). The Morgan fingerprint density at radius 2 is 2.04 bits per heavy atom. The van der Waals surface area contributed by atoms with Crippen molar-refractivity contribution in [2.24, 2.45) is 0 Å². The highest BCUT2D eigenvalue weighted by atomic mass is 35.5. The van der Waals surface area contributed by atoms with Gasteiger partial charge in [-0.1, -0.05) is 23.7 Å². The fourth-order valence-electron chi connectivity index (χ4n) is 2.97. The SMILES string of the molecule is O=C(NCC1(O)CCCNC1)c1ccc(-c2ccc(Cl)cc2F)cc1. The third kappa shape index (κ3) is 4.37. The van der Waals surface area contributed by atoms with E-state index in [4.69, 9.17) is 11.6 Å². The van der Waals surface area contributed by atoms with Crippen LogP contribution < -0.4 is 10.6 Å². The molecule has 4 nitrogen and oxygen atoms in total. The van der Waals surface area contributed by atoms with E-state index in [9.17, 15) is 14.3 Å². The lowest BCUT2D eigenvalue weighted by molar-refractivity contribution is 0.0170. The number of hydrogen-bond acceptors (Lipinski definition) is 3. The second kappa shape index (κ2) is 7.52. The number of rotatable bonds is 4. The van der Waals surface area contributed by atoms with Crippen LogP contribution >= 0.6 is 11.6 Å². The van der Waals surface area contributed by atoms with E-state index in [2.05, 4.69) is 10.6 Å². The molecule has 0 aromatic heterocycles. The van der Waals surface area contributed by atoms with Gasteiger partial charge in [-0.05, 0) is 55.3 Å². The second-order valence-electron chi connectivity index (χ2n) is 6.39. The lowest BCUT2D eigenvalue weighted by atomic mass is 9.94. The van der Waals surface area contributed by atoms with E-state index in [1.807, 2.05) is 0 Å². The van der Waals surface area contributed by atoms with Crippen LogP contribution in [0.4, 0.5) is 4.39 Å². The summed E-state index contributed by atoms with van der Waals surface area (Å²) >= 11 is 5.76. The van der Waals surface area contributed by atoms with Crippen molar-refractivity contribution >= 4 is 17.5 Å². The zero-order chi connectivity index (χ0) is 17.9. The highest BCUT2D eigenvalue weighted by Gasteiger charge is 2.29. The summed E-state index contributed by atoms with van der Waals surface area (Å²) in [6, 6.07) is 11.2. The van der Waals surface area contributed by atoms with Crippen molar-refractivity contribution in [3.63, 3.8) is 0 Å². The van der Waals surface area contributed by atoms with Crippen LogP contribution in [-0.4, -0.2) is 36.2 Å². The number of aliphatic hydroxyl groups is 1. The first-order chi connectivity index (χ1) is 12.0. The van der Waals surface area contributed by atoms with Crippen molar-refractivity contribution in [2.75, 3.05) is 19.6 Å². The van der Waals surface area contributed by atoms with E-state index >= 15 is 0 Å². The minimum atomic E-state index is -0.902. The highest BCUT2D eigenvalue weighted by molar-refractivity contribution is 6.30. The average Bonchev–Trinajstić information content (AvgIpc) is 2.61. The van der Waals surface area contributed by atoms with Crippen LogP contribution in [0.25, 0.3) is 11.1 Å². The molecule has 2 aromatic carbocycles. The zero-order valence-electron chi connectivity index (χ0n) is 13.7. The Labute approximate surface area is 151 Å². The van der Waals surface area contributed by atoms with Gasteiger partial charge in [0.05, 0.1) is 5.60 Å². The van der Waals surface area contributed by atoms with Crippen LogP contribution in [0.3, 0.4) is 0 Å². The molecule has 1 heterocycles. The minimum Gasteiger partial charge on any atom is -0.387 e. The largest absolute Gasteiger partial charge is 0.387 e. The third-order valence-electron chi connectivity index (χ3n) is 4.42. The lowest BCUT2D eigenvalue weighted by Crippen LogP contribution is -2.52. The molecular formula is C19H20ClFN2O2. The van der Waals surface area contributed by atoms with E-state index in [1.165, 1.54) is 6.07 Å². The molecule has 6 heteroatoms. The molecule has 0 aliphatic carbocycles. The fraction of sp³-hybridized carbons (Fsp3) is 0.316. The Hall–Kier alpha value is -1.95. The molecule has 2 aromatic rings. The van der Waals surface area contributed by atoms with Crippen LogP contribution in [0.1, 0.15) is 23.2 Å². The quantitative estimate of drug-likeness (QED) is 0.783. The summed E-state index contributed by atoms with van der Waals surface area (Å²) in [6.07, 6.45) is 1.54. The van der Waals surface area contributed by atoms with Gasteiger partial charge >= 0.3 is 0 Å². The van der Waals surface area contributed by atoms with E-state index in [1.54, 1.807) is 36.4 Å². The number of β-amino-alcohol motifs (C(OH)–C–C–N with tert-alkyl or cyclic N) is 1. The van der Waals surface area contributed by atoms with Crippen LogP contribution in [-0.2, 0) is 0 Å². The average molecular weight is 363 g/mol. The molecular weight excluding hydrogens is 343 g/mol. The molecule has 1 fully saturated rings. The topological polar surface area (TPSA) is 61.4 Å². The molecule has 132 valence electrons. The summed E-state index contributed by atoms with van der Waals surface area (Å²) in [5.74, 6) is -0.668. The van der Waals surface area contributed by atoms with E-state index < -0.39 is 11.4 Å². The molecule has 25 heavy (non-hydrogen) atoms. The van der Waals surface area contributed by atoms with E-state index in [-0.39, 0.29) is 12.5 Å². The summed E-state index contributed by atoms with van der Waals surface area (Å²) in [5, 5.41) is 16.6. The Morgan fingerprint density at radius 3 is 2.68 bits per heavy atom. The predicted octanol–water partition coefficient (Wildman–Crippen LogP) is 2.99. The fourth-order valence-corrected chi connectivity index (χ4v) is 3.13. The van der Waals surface area contributed by atoms with E-state index in [0.29, 0.717) is 34.7 Å². The van der Waals surface area contributed by atoms with Gasteiger partial charge in [-0.2, -0.15) is 0 Å². The number of amides is 1. The summed E-state index contributed by atoms with van der Waals surface area (Å²) in [5.41, 5.74) is 0.658. The van der Waals surface area contributed by atoms with Gasteiger partial charge in [-0.25, -0.2) is 4.39 Å². The van der Waals surface area contributed by atoms with Crippen molar-refractivity contribution in [3.8, 4) is 11.1 Å². The zero-order valence-corrected chi connectivity index (χ0v) is 14.4. The first kappa shape index (κ1) is 17.9. The van der Waals surface area contributed by atoms with Gasteiger partial charge in [0.1, 0.15) is 5.82 Å². The Balaban J connectivity index is 1.66. The molecule has 0 saturated carbocycles. The maximum atomic E-state index is 14.0. The third-order valence-corrected chi connectivity index (χ3v) is 4.65. The van der Waals surface area contributed by atoms with Gasteiger partial charge in [0.2, 0.25) is 0 Å². The Bertz CT molecular complexity index is 759. The van der Waals surface area contributed by atoms with Crippen molar-refractivity contribution in [1.82, 2.24) is 10.6 Å². The van der Waals surface area contributed by atoms with Gasteiger partial charge in [0.25, 0.3) is 5.91 Å². The first-order valence-corrected chi connectivity index (χ1v) is 8.61. The summed E-state index contributed by atoms with van der Waals surface area (Å²) < 4.78 is 14.0. The summed E-state index contributed by atoms with van der Waals surface area (Å²) in [7, 11) is 0. The van der Waals surface area contributed by atoms with Crippen molar-refractivity contribution in [3.05, 3.63) is 58.9 Å². The summed E-state index contributed by atoms with van der Waals surface area (Å²) in [6.45, 7) is 1.56. The molecule has 1 aliphatic heterocycles. The molecule has 0 spiro atoms. The van der Waals surface area contributed by atoms with Gasteiger partial charge in [0, 0.05) is 29.2 Å². The molecule has 1 aliphatic rings. The molecule has 3 rings (SSSR count). The second-order valence-corrected chi connectivity index (χ2v) is 6.83. The molecule has 0 bridgehead atoms. The molecule has 1 saturated heterocycles. The molecule has 1 unspecified atom stereocenters. The van der Waals surface area contributed by atoms with Crippen LogP contribution in [0.15, 0.2) is 42.5 Å². The smallest absolute Gasteiger partial charge is 0.251 e. The van der Waals surface area contributed by atoms with Crippen LogP contribution in [0.5, 0.6) is 0 Å². The monoisotopic (exact) mass is 362 g/mol. The van der Waals surface area contributed by atoms with Crippen LogP contribution in [0, 0.1) is 5.82 Å². The first-order valence-electron chi connectivity index (χ1n) is 8.24. The van der Waals surface area contributed by atoms with Gasteiger partial charge < -0.3 is 15.7 Å². The van der Waals surface area contributed by atoms with Crippen molar-refractivity contribution < 1.29 is 14.3 Å². The molecule has 0 radical (unpaired) electrons. The number of nitrogens with one attached hydrogen (secondary N) is 2. The number of carbonyl (C=O) groups is 1. The van der Waals surface area contributed by atoms with Crippen LogP contribution in [0.2, 0.25) is 5.02 Å². The van der Waals surface area contributed by atoms with Gasteiger partial charge in [0.15, 0.2) is 0 Å². The lowest BCUT2D eigenvalue weighted by Gasteiger charge is -2.32. The Kier molecular flexibility index (Phi) is 5.37. The number of benzene rings is 2. The van der Waals surface area contributed by atoms with E-state index in [0.717, 1.165) is 13.0 Å².